The molecule has 0 unspecified atom stereocenters. The van der Waals surface area contributed by atoms with Crippen molar-refractivity contribution in [3.8, 4) is 11.5 Å². The van der Waals surface area contributed by atoms with Crippen LogP contribution in [0.4, 0.5) is 34.1 Å². The first-order chi connectivity index (χ1) is 25.8. The highest BCUT2D eigenvalue weighted by atomic mass is 16.5. The van der Waals surface area contributed by atoms with E-state index in [0.717, 1.165) is 45.6 Å². The molecular formula is C50H48N2O2. The number of aryl methyl sites for hydroxylation is 2. The van der Waals surface area contributed by atoms with Crippen molar-refractivity contribution in [3.05, 3.63) is 157 Å². The Hall–Kier alpha value is -6.00. The van der Waals surface area contributed by atoms with Gasteiger partial charge in [-0.05, 0) is 162 Å². The molecule has 4 heteroatoms. The van der Waals surface area contributed by atoms with Gasteiger partial charge in [0.15, 0.2) is 0 Å². The van der Waals surface area contributed by atoms with E-state index in [1.807, 2.05) is 0 Å². The predicted molar refractivity (Wildman–Crippen MR) is 230 cm³/mol. The maximum atomic E-state index is 6.21. The third kappa shape index (κ3) is 6.92. The van der Waals surface area contributed by atoms with E-state index in [4.69, 9.17) is 9.47 Å². The fourth-order valence-corrected chi connectivity index (χ4v) is 7.44. The summed E-state index contributed by atoms with van der Waals surface area (Å²) in [6.07, 6.45) is 0. The van der Waals surface area contributed by atoms with E-state index in [1.54, 1.807) is 0 Å². The number of benzene rings is 8. The lowest BCUT2D eigenvalue weighted by Crippen LogP contribution is -2.22. The van der Waals surface area contributed by atoms with Crippen LogP contribution in [-0.4, -0.2) is 11.2 Å². The summed E-state index contributed by atoms with van der Waals surface area (Å²) in [6, 6.07) is 52.7. The fourth-order valence-electron chi connectivity index (χ4n) is 7.44. The van der Waals surface area contributed by atoms with Crippen molar-refractivity contribution in [2.45, 2.75) is 66.6 Å². The smallest absolute Gasteiger partial charge is 0.120 e. The van der Waals surface area contributed by atoms with Crippen LogP contribution in [0.2, 0.25) is 0 Å². The summed E-state index contributed by atoms with van der Waals surface area (Å²) >= 11 is 0. The van der Waals surface area contributed by atoms with E-state index >= 15 is 0 Å². The molecule has 0 radical (unpaired) electrons. The van der Waals surface area contributed by atoms with Crippen LogP contribution in [-0.2, 0) is 0 Å². The minimum Gasteiger partial charge on any atom is -0.488 e. The Kier molecular flexibility index (Phi) is 8.73. The molecule has 8 aromatic rings. The number of hydrogen-bond donors (Lipinski definition) is 0. The Bertz CT molecular complexity index is 2380. The van der Waals surface area contributed by atoms with Crippen LogP contribution in [0.15, 0.2) is 146 Å². The van der Waals surface area contributed by atoms with E-state index in [9.17, 15) is 0 Å². The molecule has 0 spiro atoms. The molecule has 270 valence electrons. The second-order valence-corrected chi connectivity index (χ2v) is 16.4. The summed E-state index contributed by atoms with van der Waals surface area (Å²) < 4.78 is 12.4. The van der Waals surface area contributed by atoms with Gasteiger partial charge in [0, 0.05) is 33.5 Å². The molecule has 0 bridgehead atoms. The van der Waals surface area contributed by atoms with Gasteiger partial charge in [-0.15, -0.1) is 0 Å². The highest BCUT2D eigenvalue weighted by molar-refractivity contribution is 6.28. The third-order valence-electron chi connectivity index (χ3n) is 9.72. The number of rotatable bonds is 8. The van der Waals surface area contributed by atoms with Gasteiger partial charge in [-0.3, -0.25) is 0 Å². The summed E-state index contributed by atoms with van der Waals surface area (Å²) in [5.41, 5.74) is 8.50. The molecule has 8 rings (SSSR count). The van der Waals surface area contributed by atoms with Gasteiger partial charge in [-0.25, -0.2) is 0 Å². The zero-order valence-corrected chi connectivity index (χ0v) is 32.6. The van der Waals surface area contributed by atoms with Gasteiger partial charge in [0.2, 0.25) is 0 Å². The maximum absolute atomic E-state index is 6.21. The van der Waals surface area contributed by atoms with Crippen molar-refractivity contribution < 1.29 is 9.47 Å². The van der Waals surface area contributed by atoms with Crippen molar-refractivity contribution in [1.82, 2.24) is 0 Å². The van der Waals surface area contributed by atoms with Crippen LogP contribution < -0.4 is 19.3 Å². The van der Waals surface area contributed by atoms with Crippen LogP contribution in [0, 0.1) is 13.8 Å². The van der Waals surface area contributed by atoms with E-state index in [0.29, 0.717) is 0 Å². The molecular weight excluding hydrogens is 661 g/mol. The van der Waals surface area contributed by atoms with Gasteiger partial charge in [0.1, 0.15) is 22.7 Å². The molecule has 0 saturated carbocycles. The molecule has 0 aliphatic rings. The first kappa shape index (κ1) is 35.1. The van der Waals surface area contributed by atoms with Crippen LogP contribution >= 0.6 is 0 Å². The minimum absolute atomic E-state index is 0.276. The zero-order valence-electron chi connectivity index (χ0n) is 32.6. The standard InChI is InChI=1S/C50H48N2O2/c1-33-9-17-37(18-10-33)51(39-21-25-41(26-22-39)53-49(3,4)5)45-31-15-35-14-30-44-46(32-16-36-13-29-43(45)47(35)48(36)44)52(38-19-11-34(2)12-20-38)40-23-27-42(28-24-40)54-50(6,7)8/h9-32H,1-8H3. The molecule has 4 nitrogen and oxygen atoms in total. The molecule has 0 fully saturated rings. The molecule has 0 aliphatic carbocycles. The van der Waals surface area contributed by atoms with Gasteiger partial charge in [0.25, 0.3) is 0 Å². The predicted octanol–water partition coefficient (Wildman–Crippen LogP) is 14.5. The lowest BCUT2D eigenvalue weighted by Gasteiger charge is -2.30. The second-order valence-electron chi connectivity index (χ2n) is 16.4. The number of hydrogen-bond acceptors (Lipinski definition) is 4. The quantitative estimate of drug-likeness (QED) is 0.147. The summed E-state index contributed by atoms with van der Waals surface area (Å²) in [5.74, 6) is 1.71. The van der Waals surface area contributed by atoms with E-state index in [-0.39, 0.29) is 11.2 Å². The average Bonchev–Trinajstić information content (AvgIpc) is 3.13. The Morgan fingerprint density at radius 3 is 0.963 bits per heavy atom. The Morgan fingerprint density at radius 2 is 0.648 bits per heavy atom. The molecule has 0 atom stereocenters. The number of nitrogens with zero attached hydrogens (tertiary/aromatic N) is 2. The van der Waals surface area contributed by atoms with Crippen LogP contribution in [0.25, 0.3) is 32.3 Å². The van der Waals surface area contributed by atoms with Gasteiger partial charge >= 0.3 is 0 Å². The fraction of sp³-hybridized carbons (Fsp3) is 0.200. The molecule has 0 aromatic heterocycles. The van der Waals surface area contributed by atoms with E-state index in [2.05, 4.69) is 211 Å². The Labute approximate surface area is 319 Å². The van der Waals surface area contributed by atoms with Gasteiger partial charge in [-0.1, -0.05) is 71.8 Å². The molecule has 8 aromatic carbocycles. The highest BCUT2D eigenvalue weighted by Crippen LogP contribution is 2.47. The van der Waals surface area contributed by atoms with Crippen molar-refractivity contribution in [2.24, 2.45) is 0 Å². The highest BCUT2D eigenvalue weighted by Gasteiger charge is 2.22. The summed E-state index contributed by atoms with van der Waals surface area (Å²) in [4.78, 5) is 4.74. The zero-order chi connectivity index (χ0) is 37.8. The topological polar surface area (TPSA) is 24.9 Å². The van der Waals surface area contributed by atoms with Crippen molar-refractivity contribution in [3.63, 3.8) is 0 Å². The molecule has 0 N–H and O–H groups in total. The van der Waals surface area contributed by atoms with Crippen LogP contribution in [0.1, 0.15) is 52.7 Å². The summed E-state index contributed by atoms with van der Waals surface area (Å²) in [7, 11) is 0. The Morgan fingerprint density at radius 1 is 0.352 bits per heavy atom. The first-order valence-electron chi connectivity index (χ1n) is 18.8. The molecule has 0 heterocycles. The van der Waals surface area contributed by atoms with Gasteiger partial charge in [0.05, 0.1) is 11.4 Å². The normalized spacial score (nSPS) is 12.1. The molecule has 0 saturated heterocycles. The monoisotopic (exact) mass is 708 g/mol. The molecule has 0 aliphatic heterocycles. The number of ether oxygens (including phenoxy) is 2. The third-order valence-corrected chi connectivity index (χ3v) is 9.72. The van der Waals surface area contributed by atoms with E-state index < -0.39 is 0 Å². The SMILES string of the molecule is Cc1ccc(N(c2ccc(OC(C)(C)C)cc2)c2ccc3ccc4c(N(c5ccc(C)cc5)c5ccc(OC(C)(C)C)cc5)ccc5ccc2c3c54)cc1. The molecule has 54 heavy (non-hydrogen) atoms. The second kappa shape index (κ2) is 13.4. The average molecular weight is 709 g/mol. The summed E-state index contributed by atoms with van der Waals surface area (Å²) in [5, 5.41) is 7.34. The van der Waals surface area contributed by atoms with Crippen molar-refractivity contribution in [1.29, 1.82) is 0 Å². The van der Waals surface area contributed by atoms with Crippen molar-refractivity contribution >= 4 is 66.4 Å². The Balaban J connectivity index is 1.32. The first-order valence-corrected chi connectivity index (χ1v) is 18.8. The number of anilines is 6. The van der Waals surface area contributed by atoms with Crippen LogP contribution in [0.5, 0.6) is 11.5 Å². The largest absolute Gasteiger partial charge is 0.488 e. The van der Waals surface area contributed by atoms with E-state index in [1.165, 1.54) is 43.4 Å². The maximum Gasteiger partial charge on any atom is 0.120 e. The minimum atomic E-state index is -0.276. The summed E-state index contributed by atoms with van der Waals surface area (Å²) in [6.45, 7) is 16.7. The van der Waals surface area contributed by atoms with Crippen LogP contribution in [0.3, 0.4) is 0 Å². The van der Waals surface area contributed by atoms with Crippen molar-refractivity contribution in [2.75, 3.05) is 9.80 Å². The lowest BCUT2D eigenvalue weighted by molar-refractivity contribution is 0.130. The molecule has 0 amide bonds. The lowest BCUT2D eigenvalue weighted by atomic mass is 9.91. The van der Waals surface area contributed by atoms with Gasteiger partial charge < -0.3 is 19.3 Å². The van der Waals surface area contributed by atoms with Gasteiger partial charge in [-0.2, -0.15) is 0 Å².